The van der Waals surface area contributed by atoms with E-state index in [0.29, 0.717) is 0 Å². The Morgan fingerprint density at radius 3 is 2.75 bits per heavy atom. The van der Waals surface area contributed by atoms with Gasteiger partial charge in [-0.2, -0.15) is 13.2 Å². The topological polar surface area (TPSA) is 106 Å². The molecule has 0 atom stereocenters. The highest BCUT2D eigenvalue weighted by Gasteiger charge is 2.27. The van der Waals surface area contributed by atoms with Gasteiger partial charge in [-0.15, -0.1) is 5.10 Å². The summed E-state index contributed by atoms with van der Waals surface area (Å²) in [6, 6.07) is 0. The van der Waals surface area contributed by atoms with Crippen LogP contribution >= 0.6 is 0 Å². The number of carbonyl (C=O) groups is 2. The monoisotopic (exact) mass is 296 g/mol. The molecule has 1 rings (SSSR count). The molecule has 2 N–H and O–H groups in total. The van der Waals surface area contributed by atoms with Gasteiger partial charge in [0.25, 0.3) is 5.91 Å². The van der Waals surface area contributed by atoms with Crippen LogP contribution in [-0.4, -0.2) is 57.9 Å². The molecule has 0 saturated carbocycles. The molecule has 11 heteroatoms. The molecule has 1 aromatic rings. The molecular weight excluding hydrogens is 285 g/mol. The first-order valence-electron chi connectivity index (χ1n) is 5.32. The van der Waals surface area contributed by atoms with Crippen molar-refractivity contribution in [2.45, 2.75) is 12.7 Å². The molecule has 0 saturated heterocycles. The van der Waals surface area contributed by atoms with Crippen LogP contribution in [0.15, 0.2) is 6.20 Å². The predicted molar refractivity (Wildman–Crippen MR) is 56.9 cm³/mol. The lowest BCUT2D eigenvalue weighted by Crippen LogP contribution is -2.29. The van der Waals surface area contributed by atoms with E-state index >= 15 is 0 Å². The Hall–Kier alpha value is -2.17. The van der Waals surface area contributed by atoms with Crippen LogP contribution in [0.25, 0.3) is 0 Å². The number of nitrogens with one attached hydrogen (secondary N) is 1. The summed E-state index contributed by atoms with van der Waals surface area (Å²) in [5.41, 5.74) is -0.137. The Labute approximate surface area is 110 Å². The summed E-state index contributed by atoms with van der Waals surface area (Å²) in [5, 5.41) is 17.6. The third-order valence-electron chi connectivity index (χ3n) is 1.87. The number of hydrogen-bond acceptors (Lipinski definition) is 5. The van der Waals surface area contributed by atoms with Gasteiger partial charge in [0.05, 0.1) is 12.8 Å². The standard InChI is InChI=1S/C9H11F3N4O4/c10-9(11,12)5-20-2-1-13-8(19)6-3-16(15-14-6)4-7(17)18/h3H,1-2,4-5H2,(H,13,19)(H,17,18). The minimum absolute atomic E-state index is 0.137. The molecule has 0 bridgehead atoms. The van der Waals surface area contributed by atoms with Gasteiger partial charge in [-0.3, -0.25) is 9.59 Å². The van der Waals surface area contributed by atoms with Crippen LogP contribution in [-0.2, 0) is 16.1 Å². The highest BCUT2D eigenvalue weighted by Crippen LogP contribution is 2.13. The molecule has 0 aliphatic rings. The third kappa shape index (κ3) is 6.13. The van der Waals surface area contributed by atoms with Crippen molar-refractivity contribution >= 4 is 11.9 Å². The van der Waals surface area contributed by atoms with Crippen molar-refractivity contribution in [2.75, 3.05) is 19.8 Å². The zero-order valence-electron chi connectivity index (χ0n) is 10.1. The fourth-order valence-corrected chi connectivity index (χ4v) is 1.13. The summed E-state index contributed by atoms with van der Waals surface area (Å²) < 4.78 is 40.4. The van der Waals surface area contributed by atoms with Crippen LogP contribution in [0.2, 0.25) is 0 Å². The predicted octanol–water partition coefficient (Wildman–Crippen LogP) is -0.329. The largest absolute Gasteiger partial charge is 0.480 e. The fraction of sp³-hybridized carbons (Fsp3) is 0.556. The van der Waals surface area contributed by atoms with Gasteiger partial charge in [0.1, 0.15) is 13.2 Å². The van der Waals surface area contributed by atoms with Crippen molar-refractivity contribution in [3.05, 3.63) is 11.9 Å². The van der Waals surface area contributed by atoms with E-state index in [1.807, 2.05) is 0 Å². The zero-order chi connectivity index (χ0) is 15.2. The van der Waals surface area contributed by atoms with Crippen LogP contribution in [0.1, 0.15) is 10.5 Å². The Balaban J connectivity index is 2.29. The molecular formula is C9H11F3N4O4. The molecule has 0 radical (unpaired) electrons. The van der Waals surface area contributed by atoms with Gasteiger partial charge in [0, 0.05) is 6.54 Å². The molecule has 1 aromatic heterocycles. The molecule has 0 spiro atoms. The molecule has 20 heavy (non-hydrogen) atoms. The number of hydrogen-bond donors (Lipinski definition) is 2. The van der Waals surface area contributed by atoms with Crippen molar-refractivity contribution in [3.8, 4) is 0 Å². The number of carboxylic acid groups (broad SMARTS) is 1. The Kier molecular flexibility index (Phi) is 5.43. The lowest BCUT2D eigenvalue weighted by molar-refractivity contribution is -0.173. The van der Waals surface area contributed by atoms with E-state index in [9.17, 15) is 22.8 Å². The van der Waals surface area contributed by atoms with E-state index < -0.39 is 31.2 Å². The molecule has 1 heterocycles. The van der Waals surface area contributed by atoms with E-state index in [4.69, 9.17) is 5.11 Å². The third-order valence-corrected chi connectivity index (χ3v) is 1.87. The van der Waals surface area contributed by atoms with E-state index in [-0.39, 0.29) is 18.8 Å². The van der Waals surface area contributed by atoms with Gasteiger partial charge in [-0.25, -0.2) is 4.68 Å². The van der Waals surface area contributed by atoms with Crippen LogP contribution < -0.4 is 5.32 Å². The summed E-state index contributed by atoms with van der Waals surface area (Å²) in [6.07, 6.45) is -3.30. The number of ether oxygens (including phenoxy) is 1. The fourth-order valence-electron chi connectivity index (χ4n) is 1.13. The van der Waals surface area contributed by atoms with Crippen molar-refractivity contribution in [1.82, 2.24) is 20.3 Å². The van der Waals surface area contributed by atoms with Gasteiger partial charge >= 0.3 is 12.1 Å². The molecule has 0 aliphatic carbocycles. The van der Waals surface area contributed by atoms with E-state index in [1.165, 1.54) is 0 Å². The van der Waals surface area contributed by atoms with Crippen LogP contribution in [0.4, 0.5) is 13.2 Å². The molecule has 0 fully saturated rings. The first kappa shape index (κ1) is 15.9. The number of carboxylic acids is 1. The molecule has 0 aliphatic heterocycles. The van der Waals surface area contributed by atoms with Crippen LogP contribution in [0, 0.1) is 0 Å². The molecule has 0 aromatic carbocycles. The molecule has 112 valence electrons. The molecule has 1 amide bonds. The van der Waals surface area contributed by atoms with Crippen molar-refractivity contribution in [2.24, 2.45) is 0 Å². The first-order valence-corrected chi connectivity index (χ1v) is 5.32. The Bertz CT molecular complexity index is 474. The van der Waals surface area contributed by atoms with E-state index in [0.717, 1.165) is 10.9 Å². The van der Waals surface area contributed by atoms with Gasteiger partial charge in [0.2, 0.25) is 0 Å². The second kappa shape index (κ2) is 6.84. The minimum atomic E-state index is -4.41. The lowest BCUT2D eigenvalue weighted by atomic mass is 10.4. The van der Waals surface area contributed by atoms with Gasteiger partial charge in [-0.05, 0) is 0 Å². The number of rotatable bonds is 7. The highest BCUT2D eigenvalue weighted by molar-refractivity contribution is 5.91. The smallest absolute Gasteiger partial charge is 0.411 e. The molecule has 0 unspecified atom stereocenters. The minimum Gasteiger partial charge on any atom is -0.480 e. The summed E-state index contributed by atoms with van der Waals surface area (Å²) in [4.78, 5) is 21.8. The maximum absolute atomic E-state index is 11.7. The maximum atomic E-state index is 11.7. The van der Waals surface area contributed by atoms with Crippen LogP contribution in [0.5, 0.6) is 0 Å². The average Bonchev–Trinajstić information content (AvgIpc) is 2.74. The number of halogens is 3. The van der Waals surface area contributed by atoms with Crippen LogP contribution in [0.3, 0.4) is 0 Å². The summed E-state index contributed by atoms with van der Waals surface area (Å²) in [5.74, 6) is -1.83. The van der Waals surface area contributed by atoms with Gasteiger partial charge in [-0.1, -0.05) is 5.21 Å². The maximum Gasteiger partial charge on any atom is 0.411 e. The lowest BCUT2D eigenvalue weighted by Gasteiger charge is -2.07. The Morgan fingerprint density at radius 1 is 1.45 bits per heavy atom. The van der Waals surface area contributed by atoms with E-state index in [1.54, 1.807) is 0 Å². The normalized spacial score (nSPS) is 11.3. The summed E-state index contributed by atoms with van der Waals surface area (Å²) in [7, 11) is 0. The first-order chi connectivity index (χ1) is 9.28. The molecule has 8 nitrogen and oxygen atoms in total. The number of amides is 1. The van der Waals surface area contributed by atoms with Crippen molar-refractivity contribution in [3.63, 3.8) is 0 Å². The summed E-state index contributed by atoms with van der Waals surface area (Å²) in [6.45, 7) is -2.29. The quantitative estimate of drug-likeness (QED) is 0.667. The number of aliphatic carboxylic acids is 1. The number of nitrogens with zero attached hydrogens (tertiary/aromatic N) is 3. The van der Waals surface area contributed by atoms with E-state index in [2.05, 4.69) is 20.4 Å². The number of alkyl halides is 3. The highest BCUT2D eigenvalue weighted by atomic mass is 19.4. The summed E-state index contributed by atoms with van der Waals surface area (Å²) >= 11 is 0. The van der Waals surface area contributed by atoms with Crippen molar-refractivity contribution < 1.29 is 32.6 Å². The van der Waals surface area contributed by atoms with Crippen molar-refractivity contribution in [1.29, 1.82) is 0 Å². The SMILES string of the molecule is O=C(O)Cn1cc(C(=O)NCCOCC(F)(F)F)nn1. The number of carbonyl (C=O) groups excluding carboxylic acids is 1. The Morgan fingerprint density at radius 2 is 2.15 bits per heavy atom. The average molecular weight is 296 g/mol. The number of aromatic nitrogens is 3. The second-order valence-corrected chi connectivity index (χ2v) is 3.62. The zero-order valence-corrected chi connectivity index (χ0v) is 10.1. The second-order valence-electron chi connectivity index (χ2n) is 3.62. The van der Waals surface area contributed by atoms with Gasteiger partial charge < -0.3 is 15.2 Å². The van der Waals surface area contributed by atoms with Gasteiger partial charge in [0.15, 0.2) is 5.69 Å².